The molecule has 0 N–H and O–H groups in total. The fourth-order valence-corrected chi connectivity index (χ4v) is 3.54. The molecule has 1 spiro atoms. The third kappa shape index (κ3) is 3.04. The number of hydrogen-bond acceptors (Lipinski definition) is 5. The van der Waals surface area contributed by atoms with Crippen molar-refractivity contribution in [2.75, 3.05) is 37.8 Å². The average molecular weight is 291 g/mol. The van der Waals surface area contributed by atoms with Gasteiger partial charge in [0.1, 0.15) is 0 Å². The van der Waals surface area contributed by atoms with Crippen molar-refractivity contribution >= 4 is 5.95 Å². The van der Waals surface area contributed by atoms with Crippen LogP contribution in [-0.4, -0.2) is 48.5 Å². The van der Waals surface area contributed by atoms with E-state index in [4.69, 9.17) is 9.47 Å². The molecule has 1 aliphatic carbocycles. The lowest BCUT2D eigenvalue weighted by Gasteiger charge is -2.44. The number of anilines is 1. The summed E-state index contributed by atoms with van der Waals surface area (Å²) in [7, 11) is 0. The summed E-state index contributed by atoms with van der Waals surface area (Å²) in [6, 6.07) is 0. The van der Waals surface area contributed by atoms with Crippen LogP contribution in [0, 0.1) is 12.8 Å². The van der Waals surface area contributed by atoms with Crippen LogP contribution in [0.25, 0.3) is 0 Å². The van der Waals surface area contributed by atoms with Crippen molar-refractivity contribution in [3.05, 3.63) is 18.0 Å². The Morgan fingerprint density at radius 3 is 3.00 bits per heavy atom. The summed E-state index contributed by atoms with van der Waals surface area (Å²) in [5.74, 6) is 1.32. The van der Waals surface area contributed by atoms with Gasteiger partial charge in [-0.1, -0.05) is 6.42 Å². The molecule has 0 radical (unpaired) electrons. The predicted octanol–water partition coefficient (Wildman–Crippen LogP) is 2.20. The molecule has 1 aromatic rings. The smallest absolute Gasteiger partial charge is 0.225 e. The fraction of sp³-hybridized carbons (Fsp3) is 0.750. The first-order chi connectivity index (χ1) is 10.2. The van der Waals surface area contributed by atoms with E-state index in [-0.39, 0.29) is 5.60 Å². The maximum absolute atomic E-state index is 6.23. The molecule has 0 amide bonds. The van der Waals surface area contributed by atoms with Gasteiger partial charge in [0.2, 0.25) is 5.95 Å². The Balaban J connectivity index is 1.73. The normalized spacial score (nSPS) is 29.2. The van der Waals surface area contributed by atoms with Crippen molar-refractivity contribution in [2.24, 2.45) is 5.92 Å². The first-order valence-electron chi connectivity index (χ1n) is 7.99. The number of aromatic nitrogens is 2. The van der Waals surface area contributed by atoms with Crippen LogP contribution in [0.3, 0.4) is 0 Å². The number of aryl methyl sites for hydroxylation is 1. The van der Waals surface area contributed by atoms with E-state index >= 15 is 0 Å². The van der Waals surface area contributed by atoms with Gasteiger partial charge in [-0.25, -0.2) is 9.97 Å². The van der Waals surface area contributed by atoms with Crippen LogP contribution in [0.1, 0.15) is 31.7 Å². The molecule has 1 aromatic heterocycles. The lowest BCUT2D eigenvalue weighted by atomic mass is 9.89. The zero-order chi connectivity index (χ0) is 14.7. The third-order valence-electron chi connectivity index (χ3n) is 4.68. The maximum Gasteiger partial charge on any atom is 0.225 e. The summed E-state index contributed by atoms with van der Waals surface area (Å²) in [5.41, 5.74) is 1.03. The van der Waals surface area contributed by atoms with Gasteiger partial charge < -0.3 is 14.4 Å². The molecule has 0 bridgehead atoms. The minimum absolute atomic E-state index is 0.0678. The van der Waals surface area contributed by atoms with E-state index in [0.717, 1.165) is 50.8 Å². The van der Waals surface area contributed by atoms with Crippen LogP contribution < -0.4 is 4.90 Å². The zero-order valence-electron chi connectivity index (χ0n) is 13.0. The Morgan fingerprint density at radius 2 is 2.24 bits per heavy atom. The van der Waals surface area contributed by atoms with Gasteiger partial charge in [0.15, 0.2) is 0 Å². The van der Waals surface area contributed by atoms with Crippen LogP contribution in [0.15, 0.2) is 12.4 Å². The van der Waals surface area contributed by atoms with Gasteiger partial charge in [-0.2, -0.15) is 0 Å². The van der Waals surface area contributed by atoms with Crippen molar-refractivity contribution in [1.82, 2.24) is 9.97 Å². The Morgan fingerprint density at radius 1 is 1.43 bits per heavy atom. The van der Waals surface area contributed by atoms with Crippen molar-refractivity contribution in [3.8, 4) is 0 Å². The molecule has 1 saturated carbocycles. The number of rotatable bonds is 4. The van der Waals surface area contributed by atoms with Crippen LogP contribution in [0.5, 0.6) is 0 Å². The summed E-state index contributed by atoms with van der Waals surface area (Å²) in [4.78, 5) is 11.2. The molecule has 116 valence electrons. The van der Waals surface area contributed by atoms with Crippen LogP contribution in [-0.2, 0) is 9.47 Å². The fourth-order valence-electron chi connectivity index (χ4n) is 3.54. The van der Waals surface area contributed by atoms with Crippen LogP contribution in [0.2, 0.25) is 0 Å². The summed E-state index contributed by atoms with van der Waals surface area (Å²) in [6.45, 7) is 8.14. The third-order valence-corrected chi connectivity index (χ3v) is 4.68. The van der Waals surface area contributed by atoms with Gasteiger partial charge in [-0.05, 0) is 32.3 Å². The van der Waals surface area contributed by atoms with E-state index in [1.807, 2.05) is 19.3 Å². The molecule has 5 nitrogen and oxygen atoms in total. The van der Waals surface area contributed by atoms with E-state index in [2.05, 4.69) is 21.8 Å². The Labute approximate surface area is 126 Å². The van der Waals surface area contributed by atoms with E-state index in [0.29, 0.717) is 5.92 Å². The van der Waals surface area contributed by atoms with Gasteiger partial charge in [-0.15, -0.1) is 0 Å². The molecule has 3 rings (SSSR count). The highest BCUT2D eigenvalue weighted by Gasteiger charge is 2.47. The number of hydrogen-bond donors (Lipinski definition) is 0. The first kappa shape index (κ1) is 14.7. The van der Waals surface area contributed by atoms with Gasteiger partial charge in [-0.3, -0.25) is 0 Å². The molecule has 2 heterocycles. The van der Waals surface area contributed by atoms with E-state index in [1.165, 1.54) is 12.8 Å². The van der Waals surface area contributed by atoms with Crippen molar-refractivity contribution in [2.45, 2.75) is 38.7 Å². The molecule has 2 fully saturated rings. The molecule has 1 aliphatic heterocycles. The van der Waals surface area contributed by atoms with Crippen molar-refractivity contribution in [3.63, 3.8) is 0 Å². The molecular formula is C16H25N3O2. The Hall–Kier alpha value is -1.20. The van der Waals surface area contributed by atoms with Crippen LogP contribution >= 0.6 is 0 Å². The van der Waals surface area contributed by atoms with E-state index < -0.39 is 0 Å². The van der Waals surface area contributed by atoms with E-state index in [9.17, 15) is 0 Å². The largest absolute Gasteiger partial charge is 0.381 e. The quantitative estimate of drug-likeness (QED) is 0.851. The number of ether oxygens (including phenoxy) is 2. The Kier molecular flexibility index (Phi) is 4.40. The topological polar surface area (TPSA) is 47.5 Å². The second-order valence-corrected chi connectivity index (χ2v) is 6.14. The van der Waals surface area contributed by atoms with Gasteiger partial charge in [0, 0.05) is 31.5 Å². The lowest BCUT2D eigenvalue weighted by Crippen LogP contribution is -2.55. The minimum Gasteiger partial charge on any atom is -0.381 e. The van der Waals surface area contributed by atoms with Gasteiger partial charge >= 0.3 is 0 Å². The summed E-state index contributed by atoms with van der Waals surface area (Å²) >= 11 is 0. The minimum atomic E-state index is -0.0678. The number of nitrogens with zero attached hydrogens (tertiary/aromatic N) is 3. The highest BCUT2D eigenvalue weighted by Crippen LogP contribution is 2.41. The highest BCUT2D eigenvalue weighted by atomic mass is 16.5. The molecule has 1 saturated heterocycles. The summed E-state index contributed by atoms with van der Waals surface area (Å²) < 4.78 is 11.9. The van der Waals surface area contributed by atoms with E-state index in [1.54, 1.807) is 0 Å². The summed E-state index contributed by atoms with van der Waals surface area (Å²) in [6.07, 6.45) is 7.31. The molecule has 0 unspecified atom stereocenters. The molecular weight excluding hydrogens is 266 g/mol. The number of morpholine rings is 1. The predicted molar refractivity (Wildman–Crippen MR) is 81.5 cm³/mol. The standard InChI is InChI=1S/C16H25N3O2/c1-3-20-11-14-5-4-6-16(14)12-19(7-8-21-16)15-17-9-13(2)10-18-15/h9-10,14H,3-8,11-12H2,1-2H3/t14-,16-/m0/s1. The molecule has 21 heavy (non-hydrogen) atoms. The van der Waals surface area contributed by atoms with Gasteiger partial charge in [0.05, 0.1) is 25.4 Å². The van der Waals surface area contributed by atoms with Crippen LogP contribution in [0.4, 0.5) is 5.95 Å². The lowest BCUT2D eigenvalue weighted by molar-refractivity contribution is -0.0983. The molecule has 2 atom stereocenters. The highest BCUT2D eigenvalue weighted by molar-refractivity contribution is 5.32. The maximum atomic E-state index is 6.23. The molecule has 2 aliphatic rings. The van der Waals surface area contributed by atoms with Crippen molar-refractivity contribution in [1.29, 1.82) is 0 Å². The Bertz CT molecular complexity index is 465. The average Bonchev–Trinajstić information content (AvgIpc) is 2.88. The summed E-state index contributed by atoms with van der Waals surface area (Å²) in [5, 5.41) is 0. The van der Waals surface area contributed by atoms with Gasteiger partial charge in [0.25, 0.3) is 0 Å². The second-order valence-electron chi connectivity index (χ2n) is 6.14. The zero-order valence-corrected chi connectivity index (χ0v) is 13.0. The second kappa shape index (κ2) is 6.28. The SMILES string of the molecule is CCOC[C@@H]1CCC[C@]12CN(c1ncc(C)cn1)CCO2. The molecule has 0 aromatic carbocycles. The van der Waals surface area contributed by atoms with Crippen molar-refractivity contribution < 1.29 is 9.47 Å². The first-order valence-corrected chi connectivity index (χ1v) is 7.99. The molecule has 5 heteroatoms. The monoisotopic (exact) mass is 291 g/mol.